The second-order valence-electron chi connectivity index (χ2n) is 3.97. The Labute approximate surface area is 90.5 Å². The number of rotatable bonds is 3. The van der Waals surface area contributed by atoms with Gasteiger partial charge < -0.3 is 15.7 Å². The molecule has 82 valence electrons. The molecule has 2 rings (SSSR count). The van der Waals surface area contributed by atoms with Gasteiger partial charge in [0.15, 0.2) is 0 Å². The van der Waals surface area contributed by atoms with Crippen LogP contribution in [0.2, 0.25) is 0 Å². The molecule has 15 heavy (non-hydrogen) atoms. The largest absolute Gasteiger partial charge is 0.387 e. The van der Waals surface area contributed by atoms with Crippen LogP contribution in [0.25, 0.3) is 0 Å². The highest BCUT2D eigenvalue weighted by Gasteiger charge is 2.18. The molecule has 3 heteroatoms. The summed E-state index contributed by atoms with van der Waals surface area (Å²) in [6, 6.07) is 6.16. The fourth-order valence-corrected chi connectivity index (χ4v) is 2.16. The van der Waals surface area contributed by atoms with Crippen LogP contribution in [0, 0.1) is 0 Å². The highest BCUT2D eigenvalue weighted by Crippen LogP contribution is 2.29. The SMILES string of the molecule is CCN1CCc2cc(C(O)CN)ccc21. The monoisotopic (exact) mass is 206 g/mol. The van der Waals surface area contributed by atoms with E-state index in [-0.39, 0.29) is 6.54 Å². The zero-order valence-electron chi connectivity index (χ0n) is 9.11. The lowest BCUT2D eigenvalue weighted by Crippen LogP contribution is -2.19. The van der Waals surface area contributed by atoms with Crippen LogP contribution in [0.4, 0.5) is 5.69 Å². The second kappa shape index (κ2) is 4.21. The van der Waals surface area contributed by atoms with Gasteiger partial charge in [-0.2, -0.15) is 0 Å². The number of nitrogens with two attached hydrogens (primary N) is 1. The van der Waals surface area contributed by atoms with E-state index >= 15 is 0 Å². The highest BCUT2D eigenvalue weighted by atomic mass is 16.3. The molecule has 3 nitrogen and oxygen atoms in total. The minimum Gasteiger partial charge on any atom is -0.387 e. The van der Waals surface area contributed by atoms with Crippen molar-refractivity contribution in [2.75, 3.05) is 24.5 Å². The first-order valence-electron chi connectivity index (χ1n) is 5.52. The van der Waals surface area contributed by atoms with Gasteiger partial charge in [-0.25, -0.2) is 0 Å². The fourth-order valence-electron chi connectivity index (χ4n) is 2.16. The van der Waals surface area contributed by atoms with Gasteiger partial charge in [-0.1, -0.05) is 12.1 Å². The first-order chi connectivity index (χ1) is 7.26. The minimum absolute atomic E-state index is 0.288. The number of hydrogen-bond acceptors (Lipinski definition) is 3. The first kappa shape index (κ1) is 10.5. The number of nitrogens with zero attached hydrogens (tertiary/aromatic N) is 1. The maximum Gasteiger partial charge on any atom is 0.0912 e. The standard InChI is InChI=1S/C12H18N2O/c1-2-14-6-5-9-7-10(12(15)8-13)3-4-11(9)14/h3-4,7,12,15H,2,5-6,8,13H2,1H3. The number of aliphatic hydroxyl groups is 1. The van der Waals surface area contributed by atoms with Crippen molar-refractivity contribution in [2.24, 2.45) is 5.73 Å². The molecular weight excluding hydrogens is 188 g/mol. The van der Waals surface area contributed by atoms with E-state index in [1.165, 1.54) is 11.3 Å². The lowest BCUT2D eigenvalue weighted by Gasteiger charge is -2.17. The molecule has 1 atom stereocenters. The minimum atomic E-state index is -0.522. The lowest BCUT2D eigenvalue weighted by atomic mass is 10.0. The van der Waals surface area contributed by atoms with Crippen molar-refractivity contribution in [3.63, 3.8) is 0 Å². The summed E-state index contributed by atoms with van der Waals surface area (Å²) in [5.74, 6) is 0. The molecule has 0 radical (unpaired) electrons. The second-order valence-corrected chi connectivity index (χ2v) is 3.97. The van der Waals surface area contributed by atoms with E-state index < -0.39 is 6.10 Å². The summed E-state index contributed by atoms with van der Waals surface area (Å²) in [6.07, 6.45) is 0.555. The molecule has 0 saturated carbocycles. The molecule has 0 amide bonds. The van der Waals surface area contributed by atoms with Crippen LogP contribution < -0.4 is 10.6 Å². The van der Waals surface area contributed by atoms with Gasteiger partial charge in [0, 0.05) is 25.3 Å². The third-order valence-electron chi connectivity index (χ3n) is 3.09. The van der Waals surface area contributed by atoms with Crippen molar-refractivity contribution in [1.29, 1.82) is 0 Å². The quantitative estimate of drug-likeness (QED) is 0.777. The Balaban J connectivity index is 2.29. The van der Waals surface area contributed by atoms with E-state index in [1.807, 2.05) is 6.07 Å². The van der Waals surface area contributed by atoms with Crippen LogP contribution in [0.15, 0.2) is 18.2 Å². The smallest absolute Gasteiger partial charge is 0.0912 e. The van der Waals surface area contributed by atoms with E-state index in [4.69, 9.17) is 5.73 Å². The molecule has 1 aliphatic rings. The van der Waals surface area contributed by atoms with Crippen molar-refractivity contribution in [3.8, 4) is 0 Å². The zero-order chi connectivity index (χ0) is 10.8. The number of aliphatic hydroxyl groups excluding tert-OH is 1. The summed E-state index contributed by atoms with van der Waals surface area (Å²) in [6.45, 7) is 4.59. The molecule has 0 aromatic heterocycles. The van der Waals surface area contributed by atoms with Crippen molar-refractivity contribution >= 4 is 5.69 Å². The molecule has 3 N–H and O–H groups in total. The number of hydrogen-bond donors (Lipinski definition) is 2. The van der Waals surface area contributed by atoms with Gasteiger partial charge in [0.05, 0.1) is 6.10 Å². The van der Waals surface area contributed by atoms with Crippen LogP contribution in [0.3, 0.4) is 0 Å². The average Bonchev–Trinajstić information content (AvgIpc) is 2.69. The van der Waals surface area contributed by atoms with Crippen LogP contribution >= 0.6 is 0 Å². The van der Waals surface area contributed by atoms with Crippen molar-refractivity contribution in [1.82, 2.24) is 0 Å². The van der Waals surface area contributed by atoms with Crippen LogP contribution in [0.5, 0.6) is 0 Å². The predicted octanol–water partition coefficient (Wildman–Crippen LogP) is 1.06. The van der Waals surface area contributed by atoms with Gasteiger partial charge in [-0.05, 0) is 30.5 Å². The van der Waals surface area contributed by atoms with Gasteiger partial charge in [0.25, 0.3) is 0 Å². The number of benzene rings is 1. The topological polar surface area (TPSA) is 49.5 Å². The number of likely N-dealkylation sites (N-methyl/N-ethyl adjacent to an activating group) is 1. The summed E-state index contributed by atoms with van der Waals surface area (Å²) >= 11 is 0. The Morgan fingerprint density at radius 1 is 1.53 bits per heavy atom. The summed E-state index contributed by atoms with van der Waals surface area (Å²) < 4.78 is 0. The van der Waals surface area contributed by atoms with E-state index in [1.54, 1.807) is 0 Å². The molecule has 1 unspecified atom stereocenters. The van der Waals surface area contributed by atoms with Crippen LogP contribution in [-0.2, 0) is 6.42 Å². The predicted molar refractivity (Wildman–Crippen MR) is 62.0 cm³/mol. The molecule has 0 fully saturated rings. The van der Waals surface area contributed by atoms with Crippen molar-refractivity contribution in [2.45, 2.75) is 19.4 Å². The third kappa shape index (κ3) is 1.85. The fraction of sp³-hybridized carbons (Fsp3) is 0.500. The van der Waals surface area contributed by atoms with Gasteiger partial charge in [-0.15, -0.1) is 0 Å². The molecule has 1 aliphatic heterocycles. The van der Waals surface area contributed by atoms with Gasteiger partial charge in [0.2, 0.25) is 0 Å². The van der Waals surface area contributed by atoms with E-state index in [0.29, 0.717) is 0 Å². The summed E-state index contributed by atoms with van der Waals surface area (Å²) in [4.78, 5) is 2.36. The summed E-state index contributed by atoms with van der Waals surface area (Å²) in [5.41, 5.74) is 9.03. The Bertz CT molecular complexity index is 351. The van der Waals surface area contributed by atoms with E-state index in [9.17, 15) is 5.11 Å². The molecule has 1 heterocycles. The third-order valence-corrected chi connectivity index (χ3v) is 3.09. The van der Waals surface area contributed by atoms with E-state index in [2.05, 4.69) is 24.0 Å². The van der Waals surface area contributed by atoms with Crippen LogP contribution in [-0.4, -0.2) is 24.7 Å². The zero-order valence-corrected chi connectivity index (χ0v) is 9.11. The molecule has 0 spiro atoms. The summed E-state index contributed by atoms with van der Waals surface area (Å²) in [5, 5.41) is 9.65. The number of fused-ring (bicyclic) bond motifs is 1. The van der Waals surface area contributed by atoms with Gasteiger partial charge in [0.1, 0.15) is 0 Å². The van der Waals surface area contributed by atoms with E-state index in [0.717, 1.165) is 25.1 Å². The normalized spacial score (nSPS) is 16.6. The molecular formula is C12H18N2O. The Morgan fingerprint density at radius 2 is 2.33 bits per heavy atom. The van der Waals surface area contributed by atoms with Gasteiger partial charge in [-0.3, -0.25) is 0 Å². The lowest BCUT2D eigenvalue weighted by molar-refractivity contribution is 0.186. The summed E-state index contributed by atoms with van der Waals surface area (Å²) in [7, 11) is 0. The van der Waals surface area contributed by atoms with Crippen molar-refractivity contribution in [3.05, 3.63) is 29.3 Å². The molecule has 0 saturated heterocycles. The maximum atomic E-state index is 9.65. The number of anilines is 1. The molecule has 1 aromatic rings. The molecule has 0 aliphatic carbocycles. The maximum absolute atomic E-state index is 9.65. The first-order valence-corrected chi connectivity index (χ1v) is 5.52. The molecule has 1 aromatic carbocycles. The van der Waals surface area contributed by atoms with Gasteiger partial charge >= 0.3 is 0 Å². The van der Waals surface area contributed by atoms with Crippen LogP contribution in [0.1, 0.15) is 24.2 Å². The average molecular weight is 206 g/mol. The Hall–Kier alpha value is -1.06. The Kier molecular flexibility index (Phi) is 2.93. The van der Waals surface area contributed by atoms with Crippen molar-refractivity contribution < 1.29 is 5.11 Å². The highest BCUT2D eigenvalue weighted by molar-refractivity contribution is 5.59. The molecule has 0 bridgehead atoms. The Morgan fingerprint density at radius 3 is 3.00 bits per heavy atom.